The van der Waals surface area contributed by atoms with E-state index >= 15 is 0 Å². The van der Waals surface area contributed by atoms with Crippen LogP contribution in [0.4, 0.5) is 5.95 Å². The Morgan fingerprint density at radius 1 is 1.19 bits per heavy atom. The first-order valence-corrected chi connectivity index (χ1v) is 10.7. The van der Waals surface area contributed by atoms with Crippen LogP contribution in [-0.4, -0.2) is 22.8 Å². The second-order valence-corrected chi connectivity index (χ2v) is 7.51. The first-order valence-electron chi connectivity index (χ1n) is 10.7. The van der Waals surface area contributed by atoms with Crippen molar-refractivity contribution in [2.24, 2.45) is 5.10 Å². The van der Waals surface area contributed by atoms with E-state index in [1.54, 1.807) is 18.3 Å². The van der Waals surface area contributed by atoms with Crippen molar-refractivity contribution in [1.82, 2.24) is 9.97 Å². The van der Waals surface area contributed by atoms with E-state index in [4.69, 9.17) is 4.74 Å². The van der Waals surface area contributed by atoms with Gasteiger partial charge in [0.2, 0.25) is 5.95 Å². The lowest BCUT2D eigenvalue weighted by Crippen LogP contribution is -2.16. The van der Waals surface area contributed by atoms with Crippen LogP contribution >= 0.6 is 0 Å². The summed E-state index contributed by atoms with van der Waals surface area (Å²) in [4.78, 5) is 19.3. The lowest BCUT2D eigenvalue weighted by atomic mass is 10.0. The molecule has 164 valence electrons. The molecule has 2 N–H and O–H groups in total. The van der Waals surface area contributed by atoms with Gasteiger partial charge in [-0.15, -0.1) is 0 Å². The van der Waals surface area contributed by atoms with Gasteiger partial charge in [0.15, 0.2) is 0 Å². The fourth-order valence-corrected chi connectivity index (χ4v) is 3.36. The number of nitrogens with zero attached hydrogens (tertiary/aromatic N) is 3. The van der Waals surface area contributed by atoms with Gasteiger partial charge < -0.3 is 4.74 Å². The standard InChI is InChI=1S/C25H27N5O2/c1-4-5-9-12-32-20-13-17(2)22(18(3)14-20)16-27-30-25-28-23(19-10-7-6-8-11-19)21(15-26)24(31)29-25/h6-8,10-11,13-14,16H,4-5,9,12H2,1-3H3,(H2,28,29,30,31). The normalized spacial score (nSPS) is 10.8. The molecule has 7 nitrogen and oxygen atoms in total. The van der Waals surface area contributed by atoms with Gasteiger partial charge in [-0.1, -0.05) is 50.1 Å². The van der Waals surface area contributed by atoms with Crippen molar-refractivity contribution < 1.29 is 4.74 Å². The summed E-state index contributed by atoms with van der Waals surface area (Å²) in [6, 6.07) is 15.0. The maximum atomic E-state index is 12.3. The third-order valence-corrected chi connectivity index (χ3v) is 5.03. The van der Waals surface area contributed by atoms with Crippen molar-refractivity contribution >= 4 is 12.2 Å². The second kappa shape index (κ2) is 10.9. The van der Waals surface area contributed by atoms with Crippen molar-refractivity contribution in [2.75, 3.05) is 12.0 Å². The number of unbranched alkanes of at least 4 members (excludes halogenated alkanes) is 2. The zero-order chi connectivity index (χ0) is 22.9. The Balaban J connectivity index is 1.78. The molecule has 3 rings (SSSR count). The molecule has 1 aromatic heterocycles. The first kappa shape index (κ1) is 22.8. The van der Waals surface area contributed by atoms with Crippen molar-refractivity contribution in [2.45, 2.75) is 40.0 Å². The Bertz CT molecular complexity index is 1170. The molecular formula is C25H27N5O2. The Labute approximate surface area is 187 Å². The molecule has 2 aromatic carbocycles. The SMILES string of the molecule is CCCCCOc1cc(C)c(C=NNc2nc(-c3ccccc3)c(C#N)c(=O)[nH]2)c(C)c1. The van der Waals surface area contributed by atoms with Gasteiger partial charge in [0.05, 0.1) is 18.5 Å². The quantitative estimate of drug-likeness (QED) is 0.285. The molecule has 0 spiro atoms. The van der Waals surface area contributed by atoms with E-state index in [1.807, 2.05) is 50.2 Å². The number of anilines is 1. The Hall–Kier alpha value is -3.92. The van der Waals surface area contributed by atoms with Crippen LogP contribution in [0.25, 0.3) is 11.3 Å². The van der Waals surface area contributed by atoms with E-state index in [2.05, 4.69) is 27.4 Å². The minimum Gasteiger partial charge on any atom is -0.494 e. The van der Waals surface area contributed by atoms with Crippen LogP contribution in [0.1, 0.15) is 48.4 Å². The van der Waals surface area contributed by atoms with Crippen molar-refractivity contribution in [3.8, 4) is 23.1 Å². The molecular weight excluding hydrogens is 402 g/mol. The Morgan fingerprint density at radius 2 is 1.91 bits per heavy atom. The fourth-order valence-electron chi connectivity index (χ4n) is 3.36. The lowest BCUT2D eigenvalue weighted by molar-refractivity contribution is 0.306. The highest BCUT2D eigenvalue weighted by atomic mass is 16.5. The van der Waals surface area contributed by atoms with Gasteiger partial charge in [-0.25, -0.2) is 10.4 Å². The highest BCUT2D eigenvalue weighted by Gasteiger charge is 2.13. The first-order chi connectivity index (χ1) is 15.5. The minimum atomic E-state index is -0.518. The number of aromatic nitrogens is 2. The number of aromatic amines is 1. The summed E-state index contributed by atoms with van der Waals surface area (Å²) in [7, 11) is 0. The molecule has 0 aliphatic carbocycles. The largest absolute Gasteiger partial charge is 0.494 e. The van der Waals surface area contributed by atoms with Gasteiger partial charge in [0.1, 0.15) is 17.4 Å². The number of rotatable bonds is 9. The average molecular weight is 430 g/mol. The number of H-pyrrole nitrogens is 1. The molecule has 3 aromatic rings. The second-order valence-electron chi connectivity index (χ2n) is 7.51. The molecule has 0 atom stereocenters. The molecule has 0 aliphatic heterocycles. The zero-order valence-corrected chi connectivity index (χ0v) is 18.6. The summed E-state index contributed by atoms with van der Waals surface area (Å²) in [5, 5.41) is 13.6. The predicted molar refractivity (Wildman–Crippen MR) is 127 cm³/mol. The van der Waals surface area contributed by atoms with Crippen LogP contribution in [0, 0.1) is 25.2 Å². The molecule has 0 unspecified atom stereocenters. The van der Waals surface area contributed by atoms with Gasteiger partial charge in [-0.05, 0) is 43.5 Å². The third kappa shape index (κ3) is 5.61. The Morgan fingerprint density at radius 3 is 2.56 bits per heavy atom. The van der Waals surface area contributed by atoms with E-state index in [-0.39, 0.29) is 11.5 Å². The van der Waals surface area contributed by atoms with E-state index in [1.165, 1.54) is 0 Å². The molecule has 0 bridgehead atoms. The fraction of sp³-hybridized carbons (Fsp3) is 0.280. The van der Waals surface area contributed by atoms with Gasteiger partial charge >= 0.3 is 0 Å². The molecule has 0 saturated heterocycles. The van der Waals surface area contributed by atoms with Crippen molar-refractivity contribution in [3.63, 3.8) is 0 Å². The van der Waals surface area contributed by atoms with Gasteiger partial charge in [-0.2, -0.15) is 10.4 Å². The van der Waals surface area contributed by atoms with Crippen molar-refractivity contribution in [1.29, 1.82) is 5.26 Å². The molecule has 0 fully saturated rings. The third-order valence-electron chi connectivity index (χ3n) is 5.03. The van der Waals surface area contributed by atoms with E-state index in [0.29, 0.717) is 17.9 Å². The summed E-state index contributed by atoms with van der Waals surface area (Å²) in [6.45, 7) is 6.89. The summed E-state index contributed by atoms with van der Waals surface area (Å²) >= 11 is 0. The van der Waals surface area contributed by atoms with Crippen LogP contribution in [0.15, 0.2) is 52.4 Å². The van der Waals surface area contributed by atoms with Gasteiger partial charge in [0, 0.05) is 11.1 Å². The van der Waals surface area contributed by atoms with Crippen LogP contribution in [0.3, 0.4) is 0 Å². The average Bonchev–Trinajstić information content (AvgIpc) is 2.79. The van der Waals surface area contributed by atoms with E-state index in [0.717, 1.165) is 41.7 Å². The number of hydrazone groups is 1. The van der Waals surface area contributed by atoms with Gasteiger partial charge in [0.25, 0.3) is 5.56 Å². The van der Waals surface area contributed by atoms with Crippen LogP contribution in [0.2, 0.25) is 0 Å². The topological polar surface area (TPSA) is 103 Å². The monoisotopic (exact) mass is 429 g/mol. The maximum Gasteiger partial charge on any atom is 0.270 e. The maximum absolute atomic E-state index is 12.3. The van der Waals surface area contributed by atoms with Gasteiger partial charge in [-0.3, -0.25) is 9.78 Å². The number of aryl methyl sites for hydroxylation is 2. The number of hydrogen-bond acceptors (Lipinski definition) is 6. The molecule has 0 aliphatic rings. The number of hydrogen-bond donors (Lipinski definition) is 2. The minimum absolute atomic E-state index is 0.0352. The summed E-state index contributed by atoms with van der Waals surface area (Å²) in [6.07, 6.45) is 5.05. The summed E-state index contributed by atoms with van der Waals surface area (Å²) in [5.74, 6) is 1.02. The predicted octanol–water partition coefficient (Wildman–Crippen LogP) is 4.94. The highest BCUT2D eigenvalue weighted by Crippen LogP contribution is 2.22. The molecule has 32 heavy (non-hydrogen) atoms. The molecule has 0 amide bonds. The molecule has 1 heterocycles. The zero-order valence-electron chi connectivity index (χ0n) is 18.6. The number of nitriles is 1. The molecule has 7 heteroatoms. The summed E-state index contributed by atoms with van der Waals surface area (Å²) in [5.41, 5.74) is 6.24. The molecule has 0 saturated carbocycles. The Kier molecular flexibility index (Phi) is 7.76. The van der Waals surface area contributed by atoms with E-state index in [9.17, 15) is 10.1 Å². The van der Waals surface area contributed by atoms with Crippen LogP contribution < -0.4 is 15.7 Å². The van der Waals surface area contributed by atoms with E-state index < -0.39 is 5.56 Å². The number of ether oxygens (including phenoxy) is 1. The lowest BCUT2D eigenvalue weighted by Gasteiger charge is -2.11. The van der Waals surface area contributed by atoms with Crippen molar-refractivity contribution in [3.05, 3.63) is 75.1 Å². The number of nitrogens with one attached hydrogen (secondary N) is 2. The van der Waals surface area contributed by atoms with Crippen LogP contribution in [-0.2, 0) is 0 Å². The van der Waals surface area contributed by atoms with Crippen LogP contribution in [0.5, 0.6) is 5.75 Å². The number of benzene rings is 2. The molecule has 0 radical (unpaired) electrons. The smallest absolute Gasteiger partial charge is 0.270 e. The highest BCUT2D eigenvalue weighted by molar-refractivity contribution is 5.84. The summed E-state index contributed by atoms with van der Waals surface area (Å²) < 4.78 is 5.85.